The number of benzene rings is 1. The zero-order valence-electron chi connectivity index (χ0n) is 14.7. The third kappa shape index (κ3) is 1.90. The van der Waals surface area contributed by atoms with Crippen LogP contribution in [0.25, 0.3) is 0 Å². The minimum absolute atomic E-state index is 0.0310. The number of carbonyl (C=O) groups excluding carboxylic acids is 2. The van der Waals surface area contributed by atoms with E-state index in [1.54, 1.807) is 6.92 Å². The van der Waals surface area contributed by atoms with E-state index in [1.165, 1.54) is 34.1 Å². The molecular weight excluding hydrogens is 328 g/mol. The molecule has 1 aromatic carbocycles. The normalized spacial score (nSPS) is 27.2. The Labute approximate surface area is 144 Å². The molecule has 0 aromatic heterocycles. The molecule has 0 bridgehead atoms. The molecule has 0 fully saturated rings. The summed E-state index contributed by atoms with van der Waals surface area (Å²) >= 11 is 0. The Kier molecular flexibility index (Phi) is 3.61. The number of carbonyl (C=O) groups is 2. The van der Waals surface area contributed by atoms with E-state index in [-0.39, 0.29) is 46.1 Å². The first-order valence-corrected chi connectivity index (χ1v) is 7.77. The highest BCUT2D eigenvalue weighted by atomic mass is 16.7. The lowest BCUT2D eigenvalue weighted by atomic mass is 9.68. The van der Waals surface area contributed by atoms with Crippen LogP contribution in [0.5, 0.6) is 17.2 Å². The number of hydrogen-bond donors (Lipinski definition) is 2. The van der Waals surface area contributed by atoms with Crippen molar-refractivity contribution >= 4 is 11.6 Å². The molecule has 0 radical (unpaired) electrons. The summed E-state index contributed by atoms with van der Waals surface area (Å²) in [5.74, 6) is -2.65. The maximum atomic E-state index is 12.9. The van der Waals surface area contributed by atoms with E-state index in [1.807, 2.05) is 0 Å². The first-order valence-electron chi connectivity index (χ1n) is 7.77. The van der Waals surface area contributed by atoms with E-state index in [4.69, 9.17) is 14.2 Å². The Bertz CT molecular complexity index is 839. The monoisotopic (exact) mass is 348 g/mol. The maximum Gasteiger partial charge on any atom is 0.234 e. The first-order chi connectivity index (χ1) is 11.6. The smallest absolute Gasteiger partial charge is 0.234 e. The largest absolute Gasteiger partial charge is 0.507 e. The summed E-state index contributed by atoms with van der Waals surface area (Å²) in [5, 5.41) is 21.0. The number of methoxy groups -OCH3 is 2. The molecule has 0 spiro atoms. The fourth-order valence-corrected chi connectivity index (χ4v) is 3.72. The average Bonchev–Trinajstić information content (AvgIpc) is 2.83. The van der Waals surface area contributed by atoms with Crippen LogP contribution in [0.4, 0.5) is 0 Å². The van der Waals surface area contributed by atoms with Gasteiger partial charge in [0.1, 0.15) is 34.0 Å². The highest BCUT2D eigenvalue weighted by molar-refractivity contribution is 6.07. The summed E-state index contributed by atoms with van der Waals surface area (Å²) in [6.07, 6.45) is 1.44. The lowest BCUT2D eigenvalue weighted by Gasteiger charge is -2.42. The van der Waals surface area contributed by atoms with Crippen LogP contribution in [0.2, 0.25) is 0 Å². The molecule has 1 aliphatic heterocycles. The number of ketones is 2. The highest BCUT2D eigenvalue weighted by Crippen LogP contribution is 2.61. The number of hydrogen-bond acceptors (Lipinski definition) is 7. The van der Waals surface area contributed by atoms with E-state index in [2.05, 4.69) is 0 Å². The van der Waals surface area contributed by atoms with Crippen molar-refractivity contribution in [2.75, 3.05) is 14.2 Å². The van der Waals surface area contributed by atoms with Crippen molar-refractivity contribution in [2.24, 2.45) is 0 Å². The standard InChI is InChI=1S/C18H20O7/c1-8-14(21)12(9(2)19)16-13(15(8)22)17(3)11(20)6-10(23-4)7-18(17,24-5)25-16/h6,21-22H,7H2,1-5H3. The Balaban J connectivity index is 2.41. The van der Waals surface area contributed by atoms with Gasteiger partial charge in [-0.05, 0) is 20.8 Å². The van der Waals surface area contributed by atoms with E-state index in [0.717, 1.165) is 0 Å². The van der Waals surface area contributed by atoms with Gasteiger partial charge >= 0.3 is 0 Å². The van der Waals surface area contributed by atoms with Crippen molar-refractivity contribution < 1.29 is 34.0 Å². The number of fused-ring (bicyclic) bond motifs is 3. The van der Waals surface area contributed by atoms with Crippen molar-refractivity contribution in [3.8, 4) is 17.2 Å². The number of Topliss-reactive ketones (excluding diaryl/α,β-unsaturated/α-hetero) is 1. The highest BCUT2D eigenvalue weighted by Gasteiger charge is 2.66. The summed E-state index contributed by atoms with van der Waals surface area (Å²) in [5.41, 5.74) is -1.23. The Morgan fingerprint density at radius 2 is 1.92 bits per heavy atom. The predicted octanol–water partition coefficient (Wildman–Crippen LogP) is 2.10. The molecule has 0 amide bonds. The van der Waals surface area contributed by atoms with Gasteiger partial charge < -0.3 is 24.4 Å². The summed E-state index contributed by atoms with van der Waals surface area (Å²) < 4.78 is 16.7. The Morgan fingerprint density at radius 3 is 2.44 bits per heavy atom. The van der Waals surface area contributed by atoms with Gasteiger partial charge in [0.15, 0.2) is 11.6 Å². The molecular formula is C18H20O7. The van der Waals surface area contributed by atoms with Gasteiger partial charge in [-0.3, -0.25) is 9.59 Å². The van der Waals surface area contributed by atoms with Crippen LogP contribution in [0.3, 0.4) is 0 Å². The number of phenols is 2. The molecule has 2 atom stereocenters. The molecule has 2 unspecified atom stereocenters. The number of rotatable bonds is 3. The number of allylic oxidation sites excluding steroid dienone is 1. The van der Waals surface area contributed by atoms with Gasteiger partial charge in [-0.15, -0.1) is 0 Å². The number of ether oxygens (including phenoxy) is 3. The fraction of sp³-hybridized carbons (Fsp3) is 0.444. The second kappa shape index (κ2) is 5.23. The molecule has 2 N–H and O–H groups in total. The molecule has 1 heterocycles. The molecule has 0 saturated carbocycles. The predicted molar refractivity (Wildman–Crippen MR) is 86.9 cm³/mol. The van der Waals surface area contributed by atoms with Crippen molar-refractivity contribution in [3.05, 3.63) is 28.5 Å². The summed E-state index contributed by atoms with van der Waals surface area (Å²) in [7, 11) is 2.81. The van der Waals surface area contributed by atoms with Crippen LogP contribution in [0, 0.1) is 6.92 Å². The molecule has 25 heavy (non-hydrogen) atoms. The Morgan fingerprint density at radius 1 is 1.28 bits per heavy atom. The van der Waals surface area contributed by atoms with E-state index >= 15 is 0 Å². The maximum absolute atomic E-state index is 12.9. The zero-order chi connectivity index (χ0) is 18.7. The lowest BCUT2D eigenvalue weighted by molar-refractivity contribution is -0.199. The summed E-state index contributed by atoms with van der Waals surface area (Å²) in [6, 6.07) is 0. The molecule has 134 valence electrons. The van der Waals surface area contributed by atoms with Crippen LogP contribution in [-0.4, -0.2) is 41.8 Å². The van der Waals surface area contributed by atoms with Crippen molar-refractivity contribution in [1.82, 2.24) is 0 Å². The van der Waals surface area contributed by atoms with Crippen molar-refractivity contribution in [2.45, 2.75) is 38.4 Å². The SMILES string of the molecule is COC1=CC(=O)C2(C)c3c(O)c(C)c(O)c(C(C)=O)c3OC2(OC)C1. The topological polar surface area (TPSA) is 102 Å². The lowest BCUT2D eigenvalue weighted by Crippen LogP contribution is -2.57. The van der Waals surface area contributed by atoms with Gasteiger partial charge in [0, 0.05) is 18.7 Å². The molecule has 2 aliphatic rings. The fourth-order valence-electron chi connectivity index (χ4n) is 3.72. The van der Waals surface area contributed by atoms with Crippen molar-refractivity contribution in [1.29, 1.82) is 0 Å². The van der Waals surface area contributed by atoms with Crippen LogP contribution in [-0.2, 0) is 19.7 Å². The van der Waals surface area contributed by atoms with E-state index in [0.29, 0.717) is 5.76 Å². The van der Waals surface area contributed by atoms with Gasteiger partial charge in [0.2, 0.25) is 5.79 Å². The second-order valence-corrected chi connectivity index (χ2v) is 6.50. The molecule has 1 aromatic rings. The molecule has 7 nitrogen and oxygen atoms in total. The van der Waals surface area contributed by atoms with E-state index in [9.17, 15) is 19.8 Å². The van der Waals surface area contributed by atoms with Gasteiger partial charge in [0.05, 0.1) is 19.1 Å². The minimum atomic E-state index is -1.49. The second-order valence-electron chi connectivity index (χ2n) is 6.50. The summed E-state index contributed by atoms with van der Waals surface area (Å²) in [4.78, 5) is 25.1. The van der Waals surface area contributed by atoms with Crippen LogP contribution < -0.4 is 4.74 Å². The third-order valence-electron chi connectivity index (χ3n) is 5.30. The minimum Gasteiger partial charge on any atom is -0.507 e. The summed E-state index contributed by atoms with van der Waals surface area (Å²) in [6.45, 7) is 4.34. The van der Waals surface area contributed by atoms with Crippen LogP contribution in [0.15, 0.2) is 11.8 Å². The zero-order valence-corrected chi connectivity index (χ0v) is 14.7. The third-order valence-corrected chi connectivity index (χ3v) is 5.30. The molecule has 0 saturated heterocycles. The number of aromatic hydroxyl groups is 2. The van der Waals surface area contributed by atoms with Crippen LogP contribution in [0.1, 0.15) is 41.8 Å². The average molecular weight is 348 g/mol. The van der Waals surface area contributed by atoms with Gasteiger partial charge in [-0.2, -0.15) is 0 Å². The molecule has 3 rings (SSSR count). The molecule has 1 aliphatic carbocycles. The van der Waals surface area contributed by atoms with Crippen LogP contribution >= 0.6 is 0 Å². The number of phenolic OH excluding ortho intramolecular Hbond substituents is 2. The first kappa shape index (κ1) is 17.3. The van der Waals surface area contributed by atoms with Gasteiger partial charge in [-0.1, -0.05) is 0 Å². The quantitative estimate of drug-likeness (QED) is 0.807. The van der Waals surface area contributed by atoms with Gasteiger partial charge in [-0.25, -0.2) is 0 Å². The van der Waals surface area contributed by atoms with E-state index < -0.39 is 17.0 Å². The molecule has 7 heteroatoms. The van der Waals surface area contributed by atoms with Gasteiger partial charge in [0.25, 0.3) is 0 Å². The van der Waals surface area contributed by atoms with Crippen molar-refractivity contribution in [3.63, 3.8) is 0 Å². The Hall–Kier alpha value is -2.54.